The number of para-hydroxylation sites is 3. The summed E-state index contributed by atoms with van der Waals surface area (Å²) in [7, 11) is 0. The molecule has 2 aromatic heterocycles. The van der Waals surface area contributed by atoms with Crippen molar-refractivity contribution in [3.8, 4) is 5.69 Å². The van der Waals surface area contributed by atoms with E-state index in [1.54, 1.807) is 25.1 Å². The highest BCUT2D eigenvalue weighted by Crippen LogP contribution is 2.34. The molecule has 0 atom stereocenters. The minimum Gasteiger partial charge on any atom is -0.437 e. The van der Waals surface area contributed by atoms with Gasteiger partial charge in [-0.15, -0.1) is 0 Å². The Morgan fingerprint density at radius 3 is 2.63 bits per heavy atom. The molecule has 152 valence electrons. The lowest BCUT2D eigenvalue weighted by atomic mass is 10.1. The highest BCUT2D eigenvalue weighted by Gasteiger charge is 2.34. The van der Waals surface area contributed by atoms with Crippen molar-refractivity contribution in [2.45, 2.75) is 13.1 Å². The fourth-order valence-electron chi connectivity index (χ4n) is 2.95. The van der Waals surface area contributed by atoms with Gasteiger partial charge in [0, 0.05) is 18.2 Å². The Labute approximate surface area is 168 Å². The fraction of sp³-hybridized carbons (Fsp3) is 0.0952. The van der Waals surface area contributed by atoms with Gasteiger partial charge in [-0.05, 0) is 31.2 Å². The van der Waals surface area contributed by atoms with Gasteiger partial charge in [-0.2, -0.15) is 18.3 Å². The molecule has 0 spiro atoms. The van der Waals surface area contributed by atoms with Gasteiger partial charge in [0.15, 0.2) is 5.58 Å². The molecule has 2 aromatic carbocycles. The maximum atomic E-state index is 13.4. The van der Waals surface area contributed by atoms with E-state index < -0.39 is 17.6 Å². The minimum absolute atomic E-state index is 0.108. The van der Waals surface area contributed by atoms with E-state index in [1.807, 2.05) is 6.07 Å². The number of alkyl halides is 3. The highest BCUT2D eigenvalue weighted by molar-refractivity contribution is 6.01. The second kappa shape index (κ2) is 7.51. The van der Waals surface area contributed by atoms with E-state index in [0.29, 0.717) is 16.8 Å². The van der Waals surface area contributed by atoms with Crippen LogP contribution in [-0.4, -0.2) is 20.7 Å². The molecule has 0 aliphatic rings. The van der Waals surface area contributed by atoms with Gasteiger partial charge in [-0.25, -0.2) is 9.67 Å². The number of rotatable bonds is 4. The number of carbonyl (C=O) groups is 1. The van der Waals surface area contributed by atoms with Crippen LogP contribution in [0.25, 0.3) is 22.9 Å². The van der Waals surface area contributed by atoms with Gasteiger partial charge in [-0.1, -0.05) is 24.3 Å². The number of nitrogens with zero attached hydrogens (tertiary/aromatic N) is 3. The lowest BCUT2D eigenvalue weighted by Gasteiger charge is -2.14. The first kappa shape index (κ1) is 19.4. The number of hydrogen-bond donors (Lipinski definition) is 1. The molecule has 0 bridgehead atoms. The summed E-state index contributed by atoms with van der Waals surface area (Å²) < 4.78 is 46.7. The summed E-state index contributed by atoms with van der Waals surface area (Å²) in [6.45, 7) is 1.62. The first-order valence-electron chi connectivity index (χ1n) is 8.89. The average Bonchev–Trinajstić information content (AvgIpc) is 3.28. The molecule has 0 radical (unpaired) electrons. The van der Waals surface area contributed by atoms with E-state index in [2.05, 4.69) is 15.4 Å². The zero-order valence-electron chi connectivity index (χ0n) is 15.6. The van der Waals surface area contributed by atoms with Crippen molar-refractivity contribution in [2.75, 3.05) is 5.32 Å². The Morgan fingerprint density at radius 2 is 1.87 bits per heavy atom. The number of carbonyl (C=O) groups excluding carboxylic acids is 1. The van der Waals surface area contributed by atoms with E-state index in [4.69, 9.17) is 4.42 Å². The van der Waals surface area contributed by atoms with Gasteiger partial charge in [0.05, 0.1) is 16.9 Å². The second-order valence-electron chi connectivity index (χ2n) is 6.44. The number of oxazole rings is 1. The van der Waals surface area contributed by atoms with E-state index in [0.717, 1.165) is 10.7 Å². The summed E-state index contributed by atoms with van der Waals surface area (Å²) in [4.78, 5) is 16.6. The largest absolute Gasteiger partial charge is 0.437 e. The third-order valence-electron chi connectivity index (χ3n) is 4.21. The first-order valence-corrected chi connectivity index (χ1v) is 8.89. The summed E-state index contributed by atoms with van der Waals surface area (Å²) >= 11 is 0. The summed E-state index contributed by atoms with van der Waals surface area (Å²) in [6.07, 6.45) is -2.00. The molecule has 6 nitrogen and oxygen atoms in total. The van der Waals surface area contributed by atoms with Crippen LogP contribution in [0.5, 0.6) is 0 Å². The third-order valence-corrected chi connectivity index (χ3v) is 4.21. The SMILES string of the molecule is Cc1cc(NC(=O)/C=C/c2nc3ccccc3o2)n(-c2ccccc2C(F)(F)F)n1. The van der Waals surface area contributed by atoms with Gasteiger partial charge in [0.2, 0.25) is 11.8 Å². The van der Waals surface area contributed by atoms with Gasteiger partial charge in [0.25, 0.3) is 0 Å². The van der Waals surface area contributed by atoms with Crippen LogP contribution in [0.4, 0.5) is 19.0 Å². The zero-order valence-corrected chi connectivity index (χ0v) is 15.6. The molecule has 9 heteroatoms. The van der Waals surface area contributed by atoms with Crippen LogP contribution in [-0.2, 0) is 11.0 Å². The summed E-state index contributed by atoms with van der Waals surface area (Å²) in [6, 6.07) is 13.6. The molecule has 0 unspecified atom stereocenters. The van der Waals surface area contributed by atoms with Crippen LogP contribution in [0.1, 0.15) is 17.1 Å². The molecular weight excluding hydrogens is 397 g/mol. The lowest BCUT2D eigenvalue weighted by molar-refractivity contribution is -0.137. The molecular formula is C21H15F3N4O2. The van der Waals surface area contributed by atoms with Crippen molar-refractivity contribution in [1.82, 2.24) is 14.8 Å². The van der Waals surface area contributed by atoms with Gasteiger partial charge >= 0.3 is 6.18 Å². The molecule has 4 rings (SSSR count). The van der Waals surface area contributed by atoms with Crippen molar-refractivity contribution in [2.24, 2.45) is 0 Å². The first-order chi connectivity index (χ1) is 14.3. The molecule has 2 heterocycles. The number of aryl methyl sites for hydroxylation is 1. The predicted molar refractivity (Wildman–Crippen MR) is 105 cm³/mol. The Bertz CT molecular complexity index is 1220. The topological polar surface area (TPSA) is 73.0 Å². The van der Waals surface area contributed by atoms with E-state index in [9.17, 15) is 18.0 Å². The number of aromatic nitrogens is 3. The number of anilines is 1. The number of halogens is 3. The Kier molecular flexibility index (Phi) is 4.86. The van der Waals surface area contributed by atoms with Crippen LogP contribution in [0.3, 0.4) is 0 Å². The maximum absolute atomic E-state index is 13.4. The molecule has 0 saturated carbocycles. The molecule has 0 aliphatic carbocycles. The number of hydrogen-bond acceptors (Lipinski definition) is 4. The monoisotopic (exact) mass is 412 g/mol. The van der Waals surface area contributed by atoms with Crippen LogP contribution in [0, 0.1) is 6.92 Å². The second-order valence-corrected chi connectivity index (χ2v) is 6.44. The van der Waals surface area contributed by atoms with Crippen molar-refractivity contribution in [3.05, 3.63) is 77.8 Å². The molecule has 4 aromatic rings. The van der Waals surface area contributed by atoms with Gasteiger partial charge in [-0.3, -0.25) is 4.79 Å². The van der Waals surface area contributed by atoms with Crippen LogP contribution in [0.2, 0.25) is 0 Å². The normalized spacial score (nSPS) is 12.0. The molecule has 30 heavy (non-hydrogen) atoms. The maximum Gasteiger partial charge on any atom is 0.418 e. The average molecular weight is 412 g/mol. The summed E-state index contributed by atoms with van der Waals surface area (Å²) in [5.41, 5.74) is 0.636. The lowest BCUT2D eigenvalue weighted by Crippen LogP contribution is -2.16. The fourth-order valence-corrected chi connectivity index (χ4v) is 2.95. The molecule has 1 amide bonds. The third kappa shape index (κ3) is 3.95. The Hall–Kier alpha value is -3.88. The molecule has 0 saturated heterocycles. The minimum atomic E-state index is -4.56. The number of benzene rings is 2. The van der Waals surface area contributed by atoms with Crippen LogP contribution in [0.15, 0.2) is 65.1 Å². The van der Waals surface area contributed by atoms with Crippen molar-refractivity contribution >= 4 is 28.9 Å². The Balaban J connectivity index is 1.60. The quantitative estimate of drug-likeness (QED) is 0.479. The highest BCUT2D eigenvalue weighted by atomic mass is 19.4. The Morgan fingerprint density at radius 1 is 1.13 bits per heavy atom. The molecule has 0 fully saturated rings. The van der Waals surface area contributed by atoms with E-state index in [-0.39, 0.29) is 17.4 Å². The van der Waals surface area contributed by atoms with Crippen molar-refractivity contribution in [1.29, 1.82) is 0 Å². The smallest absolute Gasteiger partial charge is 0.418 e. The van der Waals surface area contributed by atoms with Gasteiger partial charge in [0.1, 0.15) is 11.3 Å². The summed E-state index contributed by atoms with van der Waals surface area (Å²) in [5.74, 6) is -0.224. The molecule has 0 aliphatic heterocycles. The number of fused-ring (bicyclic) bond motifs is 1. The molecule has 1 N–H and O–H groups in total. The van der Waals surface area contributed by atoms with E-state index in [1.165, 1.54) is 36.4 Å². The predicted octanol–water partition coefficient (Wildman–Crippen LogP) is 4.99. The van der Waals surface area contributed by atoms with Gasteiger partial charge < -0.3 is 9.73 Å². The van der Waals surface area contributed by atoms with E-state index >= 15 is 0 Å². The van der Waals surface area contributed by atoms with Crippen LogP contribution < -0.4 is 5.32 Å². The number of nitrogens with one attached hydrogen (secondary N) is 1. The van der Waals surface area contributed by atoms with Crippen molar-refractivity contribution < 1.29 is 22.4 Å². The summed E-state index contributed by atoms with van der Waals surface area (Å²) in [5, 5.41) is 6.65. The van der Waals surface area contributed by atoms with Crippen LogP contribution >= 0.6 is 0 Å². The zero-order chi connectivity index (χ0) is 21.3. The standard InChI is InChI=1S/C21H15F3N4O2/c1-13-12-18(28(27-13)16-8-4-2-6-14(16)21(22,23)24)26-19(29)10-11-20-25-15-7-3-5-9-17(15)30-20/h2-12H,1H3,(H,26,29)/b11-10+. The number of amides is 1. The van der Waals surface area contributed by atoms with Crippen molar-refractivity contribution in [3.63, 3.8) is 0 Å².